The van der Waals surface area contributed by atoms with Gasteiger partial charge in [-0.05, 0) is 124 Å². The second kappa shape index (κ2) is 32.9. The van der Waals surface area contributed by atoms with Gasteiger partial charge in [0.05, 0.1) is 52.4 Å². The Labute approximate surface area is 405 Å². The molecule has 0 saturated heterocycles. The highest BCUT2D eigenvalue weighted by molar-refractivity contribution is 6.14. The Morgan fingerprint density at radius 2 is 1.00 bits per heavy atom. The van der Waals surface area contributed by atoms with Crippen molar-refractivity contribution in [2.45, 2.75) is 66.8 Å². The molecule has 2 aromatic heterocycles. The number of rotatable bonds is 15. The Balaban J connectivity index is 0.000000469. The van der Waals surface area contributed by atoms with Crippen LogP contribution in [0.15, 0.2) is 125 Å². The number of aliphatic hydroxyl groups excluding tert-OH is 1. The van der Waals surface area contributed by atoms with E-state index in [1.165, 1.54) is 78.9 Å². The first kappa shape index (κ1) is 61.2. The molecule has 0 fully saturated rings. The molecular formula is C50H55F6N3O12. The van der Waals surface area contributed by atoms with Gasteiger partial charge >= 0.3 is 23.9 Å². The van der Waals surface area contributed by atoms with E-state index in [9.17, 15) is 55.1 Å². The highest BCUT2D eigenvalue weighted by atomic mass is 19.2. The molecule has 0 aliphatic carbocycles. The predicted octanol–water partition coefficient (Wildman–Crippen LogP) is 7.62. The van der Waals surface area contributed by atoms with E-state index < -0.39 is 69.9 Å². The minimum absolute atomic E-state index is 0.0409. The molecule has 21 heteroatoms. The monoisotopic (exact) mass is 1000 g/mol. The van der Waals surface area contributed by atoms with Crippen LogP contribution in [0.3, 0.4) is 0 Å². The normalized spacial score (nSPS) is 10.5. The number of aliphatic hydroxyl groups is 1. The summed E-state index contributed by atoms with van der Waals surface area (Å²) >= 11 is 0. The molecule has 1 unspecified atom stereocenters. The van der Waals surface area contributed by atoms with Crippen LogP contribution in [0.1, 0.15) is 78.4 Å². The van der Waals surface area contributed by atoms with Gasteiger partial charge in [0, 0.05) is 37.1 Å². The summed E-state index contributed by atoms with van der Waals surface area (Å²) in [5, 5.41) is 17.2. The maximum absolute atomic E-state index is 13.1. The molecule has 0 aliphatic heterocycles. The fourth-order valence-corrected chi connectivity index (χ4v) is 5.23. The molecule has 15 nitrogen and oxygen atoms in total. The zero-order valence-corrected chi connectivity index (χ0v) is 39.6. The maximum Gasteiger partial charge on any atom is 0.345 e. The smallest absolute Gasteiger partial charge is 0.345 e. The molecule has 4 N–H and O–H groups in total. The lowest BCUT2D eigenvalue weighted by Gasteiger charge is -2.08. The number of nitrogens with zero attached hydrogens (tertiary/aromatic N) is 2. The van der Waals surface area contributed by atoms with Gasteiger partial charge in [-0.3, -0.25) is 9.59 Å². The fraction of sp³-hybridized carbons (Fsp3) is 0.280. The number of carboxylic acids is 1. The van der Waals surface area contributed by atoms with Crippen LogP contribution in [-0.4, -0.2) is 76.3 Å². The van der Waals surface area contributed by atoms with Gasteiger partial charge in [0.25, 0.3) is 11.1 Å². The van der Waals surface area contributed by atoms with Crippen molar-refractivity contribution in [1.82, 2.24) is 9.13 Å². The molecule has 0 amide bonds. The first-order valence-electron chi connectivity index (χ1n) is 21.4. The standard InChI is InChI=1S/C15H13F2NO3.C13H9F2NO3.C11H16O5.C7H7F2N.C4H10O/c1-2-21-15(20)13-4-3-5-18(14(13)19)9-10-6-11(16)8-12(17)7-10;14-9-4-8(5-10(15)6-9)7-16-3-1-2-11(12(16)17)13(18)19;1-4-15-10(12)9(7-6-8-14-3)11(13)16-5-2;8-6-1-5(4-10)2-7(9)3-6;1-3-4(2)5/h3-8H,2,9H2,1H3;1-6H,7H2,(H,18,19);6-8H,4-5H2,1-3H3;1-3H,4,10H2;4-5H,3H2,1-2H3/b;;8-6+;;. The summed E-state index contributed by atoms with van der Waals surface area (Å²) in [5.41, 5.74) is 4.20. The molecule has 1 atom stereocenters. The summed E-state index contributed by atoms with van der Waals surface area (Å²) in [4.78, 5) is 69.1. The number of allylic oxidation sites excluding steroid dienone is 2. The van der Waals surface area contributed by atoms with Gasteiger partial charge in [0.15, 0.2) is 0 Å². The molecule has 3 aromatic carbocycles. The second-order valence-corrected chi connectivity index (χ2v) is 14.1. The molecule has 5 aromatic rings. The van der Waals surface area contributed by atoms with Crippen molar-refractivity contribution in [2.24, 2.45) is 5.73 Å². The third-order valence-electron chi connectivity index (χ3n) is 8.53. The third-order valence-corrected chi connectivity index (χ3v) is 8.53. The lowest BCUT2D eigenvalue weighted by atomic mass is 10.2. The van der Waals surface area contributed by atoms with Gasteiger partial charge in [0.1, 0.15) is 51.6 Å². The first-order valence-corrected chi connectivity index (χ1v) is 21.4. The Morgan fingerprint density at radius 3 is 1.34 bits per heavy atom. The number of hydrogen-bond donors (Lipinski definition) is 3. The van der Waals surface area contributed by atoms with Crippen molar-refractivity contribution in [3.05, 3.63) is 199 Å². The van der Waals surface area contributed by atoms with Crippen molar-refractivity contribution in [3.63, 3.8) is 0 Å². The molecule has 0 aliphatic rings. The zero-order chi connectivity index (χ0) is 53.6. The number of benzene rings is 3. The highest BCUT2D eigenvalue weighted by Crippen LogP contribution is 2.11. The number of esters is 3. The van der Waals surface area contributed by atoms with Crippen LogP contribution in [0.5, 0.6) is 0 Å². The fourth-order valence-electron chi connectivity index (χ4n) is 5.23. The van der Waals surface area contributed by atoms with Gasteiger partial charge in [-0.1, -0.05) is 6.92 Å². The number of carbonyl (C=O) groups is 4. The number of ether oxygens (including phenoxy) is 4. The van der Waals surface area contributed by atoms with Gasteiger partial charge in [-0.15, -0.1) is 0 Å². The zero-order valence-electron chi connectivity index (χ0n) is 39.6. The molecule has 0 saturated carbocycles. The van der Waals surface area contributed by atoms with Crippen molar-refractivity contribution in [3.8, 4) is 0 Å². The molecule has 0 spiro atoms. The quantitative estimate of drug-likeness (QED) is 0.0135. The van der Waals surface area contributed by atoms with Crippen LogP contribution in [0.25, 0.3) is 0 Å². The number of nitrogens with two attached hydrogens (primary N) is 1. The topological polar surface area (TPSA) is 216 Å². The van der Waals surface area contributed by atoms with Crippen molar-refractivity contribution in [1.29, 1.82) is 0 Å². The molecule has 384 valence electrons. The van der Waals surface area contributed by atoms with Crippen LogP contribution in [0, 0.1) is 34.9 Å². The molecule has 71 heavy (non-hydrogen) atoms. The number of halogens is 6. The van der Waals surface area contributed by atoms with E-state index >= 15 is 0 Å². The summed E-state index contributed by atoms with van der Waals surface area (Å²) < 4.78 is 98.1. The first-order chi connectivity index (χ1) is 33.6. The summed E-state index contributed by atoms with van der Waals surface area (Å²) in [6.07, 6.45) is 7.59. The number of hydrogen-bond acceptors (Lipinski definition) is 12. The van der Waals surface area contributed by atoms with E-state index in [4.69, 9.17) is 30.2 Å². The number of carbonyl (C=O) groups excluding carboxylic acids is 3. The minimum atomic E-state index is -1.34. The number of methoxy groups -OCH3 is 1. The summed E-state index contributed by atoms with van der Waals surface area (Å²) in [5.74, 6) is -7.59. The van der Waals surface area contributed by atoms with E-state index in [2.05, 4.69) is 4.74 Å². The van der Waals surface area contributed by atoms with E-state index in [-0.39, 0.29) is 73.4 Å². The molecular weight excluding hydrogens is 949 g/mol. The van der Waals surface area contributed by atoms with Crippen LogP contribution in [-0.2, 0) is 48.2 Å². The Bertz CT molecular complexity index is 2620. The SMILES string of the molecule is CCC(C)O.CCOC(=O)C(=C/C=C/OC)C(=O)OCC.CCOC(=O)c1cccn(Cc2cc(F)cc(F)c2)c1=O.NCc1cc(F)cc(F)c1.O=C(O)c1cccn(Cc2cc(F)cc(F)c2)c1=O. The lowest BCUT2D eigenvalue weighted by molar-refractivity contribution is -0.146. The largest absolute Gasteiger partial charge is 0.504 e. The predicted molar refractivity (Wildman–Crippen MR) is 249 cm³/mol. The van der Waals surface area contributed by atoms with Crippen LogP contribution < -0.4 is 16.9 Å². The molecule has 0 radical (unpaired) electrons. The lowest BCUT2D eigenvalue weighted by Crippen LogP contribution is -2.27. The van der Waals surface area contributed by atoms with Gasteiger partial charge in [-0.25, -0.2) is 45.5 Å². The number of aromatic nitrogens is 2. The molecule has 5 rings (SSSR count). The van der Waals surface area contributed by atoms with E-state index in [0.29, 0.717) is 5.56 Å². The minimum Gasteiger partial charge on any atom is -0.504 e. The average molecular weight is 1000 g/mol. The van der Waals surface area contributed by atoms with Crippen molar-refractivity contribution in [2.75, 3.05) is 26.9 Å². The van der Waals surface area contributed by atoms with Crippen LogP contribution in [0.4, 0.5) is 26.3 Å². The van der Waals surface area contributed by atoms with Gasteiger partial charge in [0.2, 0.25) is 0 Å². The molecule has 2 heterocycles. The van der Waals surface area contributed by atoms with Gasteiger partial charge in [-0.2, -0.15) is 0 Å². The van der Waals surface area contributed by atoms with E-state index in [0.717, 1.165) is 53.5 Å². The molecule has 0 bridgehead atoms. The summed E-state index contributed by atoms with van der Waals surface area (Å²) in [7, 11) is 1.46. The maximum atomic E-state index is 13.1. The number of aromatic carboxylic acids is 1. The number of pyridine rings is 2. The van der Waals surface area contributed by atoms with Crippen molar-refractivity contribution < 1.29 is 74.7 Å². The highest BCUT2D eigenvalue weighted by Gasteiger charge is 2.20. The van der Waals surface area contributed by atoms with E-state index in [1.807, 2.05) is 6.92 Å². The summed E-state index contributed by atoms with van der Waals surface area (Å²) in [6.45, 7) is 9.25. The Kier molecular flexibility index (Phi) is 28.4. The third kappa shape index (κ3) is 23.4. The van der Waals surface area contributed by atoms with Crippen LogP contribution in [0.2, 0.25) is 0 Å². The summed E-state index contributed by atoms with van der Waals surface area (Å²) in [6, 6.07) is 14.6. The Morgan fingerprint density at radius 1 is 0.634 bits per heavy atom. The van der Waals surface area contributed by atoms with Gasteiger partial charge < -0.3 is 44.0 Å². The average Bonchev–Trinajstić information content (AvgIpc) is 3.29. The van der Waals surface area contributed by atoms with E-state index in [1.54, 1.807) is 27.7 Å². The number of carboxylic acid groups (broad SMARTS) is 1. The van der Waals surface area contributed by atoms with Crippen LogP contribution >= 0.6 is 0 Å². The van der Waals surface area contributed by atoms with Crippen molar-refractivity contribution >= 4 is 23.9 Å². The second-order valence-electron chi connectivity index (χ2n) is 14.1. The Hall–Kier alpha value is -7.78.